The highest BCUT2D eigenvalue weighted by Gasteiger charge is 2.30. The molecule has 2 radical (unpaired) electrons. The Morgan fingerprint density at radius 2 is 1.89 bits per heavy atom. The molecule has 3 rings (SSSR count). The summed E-state index contributed by atoms with van der Waals surface area (Å²) in [5.41, 5.74) is 6.49. The van der Waals surface area contributed by atoms with Crippen molar-refractivity contribution in [1.29, 1.82) is 0 Å². The summed E-state index contributed by atoms with van der Waals surface area (Å²) < 4.78 is 53.6. The largest absolute Gasteiger partial charge is 0.437 e. The summed E-state index contributed by atoms with van der Waals surface area (Å²) in [4.78, 5) is 12.9. The normalized spacial score (nSPS) is 12.2. The third kappa shape index (κ3) is 6.97. The summed E-state index contributed by atoms with van der Waals surface area (Å²) in [6.07, 6.45) is -0.246. The minimum atomic E-state index is -4.48. The molecule has 1 heterocycles. The lowest BCUT2D eigenvalue weighted by Gasteiger charge is -2.15. The van der Waals surface area contributed by atoms with E-state index in [1.807, 2.05) is 13.8 Å². The van der Waals surface area contributed by atoms with Crippen molar-refractivity contribution in [3.63, 3.8) is 0 Å². The fourth-order valence-corrected chi connectivity index (χ4v) is 3.03. The molecule has 0 saturated carbocycles. The first kappa shape index (κ1) is 26.5. The van der Waals surface area contributed by atoms with Gasteiger partial charge in [0.05, 0.1) is 16.9 Å². The van der Waals surface area contributed by atoms with Crippen molar-refractivity contribution in [3.05, 3.63) is 71.9 Å². The number of hydrogen-bond donors (Lipinski definition) is 4. The predicted molar refractivity (Wildman–Crippen MR) is 136 cm³/mol. The van der Waals surface area contributed by atoms with E-state index < -0.39 is 17.6 Å². The van der Waals surface area contributed by atoms with Crippen LogP contribution in [0.25, 0.3) is 11.1 Å². The smallest absolute Gasteiger partial charge is 0.416 e. The first-order valence-corrected chi connectivity index (χ1v) is 10.9. The molecule has 0 aliphatic carbocycles. The Bertz CT molecular complexity index is 1240. The summed E-state index contributed by atoms with van der Waals surface area (Å²) in [5, 5.41) is 8.23. The number of aliphatic imine (C=N–C) groups is 1. The molecule has 12 heteroatoms. The quantitative estimate of drug-likeness (QED) is 0.178. The van der Waals surface area contributed by atoms with Gasteiger partial charge in [0, 0.05) is 36.4 Å². The second-order valence-electron chi connectivity index (χ2n) is 8.13. The van der Waals surface area contributed by atoms with Gasteiger partial charge in [-0.1, -0.05) is 26.0 Å². The number of benzene rings is 2. The molecule has 7 nitrogen and oxygen atoms in total. The minimum Gasteiger partial charge on any atom is -0.437 e. The summed E-state index contributed by atoms with van der Waals surface area (Å²) in [6, 6.07) is 8.55. The van der Waals surface area contributed by atoms with E-state index in [9.17, 15) is 17.6 Å². The number of halogens is 4. The molecule has 3 aromatic rings. The number of nitrogens with two attached hydrogens (primary N) is 1. The lowest BCUT2D eigenvalue weighted by Crippen LogP contribution is -2.10. The zero-order chi connectivity index (χ0) is 26.3. The van der Waals surface area contributed by atoms with Crippen LogP contribution >= 0.6 is 0 Å². The van der Waals surface area contributed by atoms with Gasteiger partial charge >= 0.3 is 6.18 Å². The van der Waals surface area contributed by atoms with Gasteiger partial charge < -0.3 is 21.6 Å². The maximum absolute atomic E-state index is 14.5. The zero-order valence-electron chi connectivity index (χ0n) is 19.6. The van der Waals surface area contributed by atoms with Crippen LogP contribution < -0.4 is 21.6 Å². The van der Waals surface area contributed by atoms with Crippen molar-refractivity contribution in [1.82, 2.24) is 9.97 Å². The zero-order valence-corrected chi connectivity index (χ0v) is 19.6. The second kappa shape index (κ2) is 11.6. The lowest BCUT2D eigenvalue weighted by atomic mass is 10.1. The van der Waals surface area contributed by atoms with Crippen LogP contribution in [0.5, 0.6) is 0 Å². The number of nitrogens with zero attached hydrogens (tertiary/aromatic N) is 3. The van der Waals surface area contributed by atoms with Gasteiger partial charge in [-0.05, 0) is 41.8 Å². The Kier molecular flexibility index (Phi) is 8.52. The van der Waals surface area contributed by atoms with Crippen molar-refractivity contribution < 1.29 is 17.6 Å². The molecule has 5 N–H and O–H groups in total. The van der Waals surface area contributed by atoms with Crippen molar-refractivity contribution >= 4 is 37.3 Å². The molecule has 0 saturated heterocycles. The van der Waals surface area contributed by atoms with E-state index in [1.54, 1.807) is 0 Å². The van der Waals surface area contributed by atoms with Gasteiger partial charge in [0.2, 0.25) is 13.9 Å². The molecule has 0 amide bonds. The molecule has 0 bridgehead atoms. The van der Waals surface area contributed by atoms with E-state index in [2.05, 4.69) is 30.8 Å². The van der Waals surface area contributed by atoms with Crippen LogP contribution in [0.3, 0.4) is 0 Å². The van der Waals surface area contributed by atoms with Gasteiger partial charge in [-0.2, -0.15) is 18.2 Å². The van der Waals surface area contributed by atoms with Gasteiger partial charge in [0.25, 0.3) is 0 Å². The van der Waals surface area contributed by atoms with Gasteiger partial charge in [-0.25, -0.2) is 9.37 Å². The van der Waals surface area contributed by atoms with Crippen molar-refractivity contribution in [2.24, 2.45) is 16.6 Å². The van der Waals surface area contributed by atoms with Crippen LogP contribution in [-0.2, 0) is 6.18 Å². The summed E-state index contributed by atoms with van der Waals surface area (Å²) in [7, 11) is 5.43. The molecule has 0 fully saturated rings. The maximum Gasteiger partial charge on any atom is 0.416 e. The molecule has 2 aromatic carbocycles. The van der Waals surface area contributed by atoms with Crippen LogP contribution in [0.2, 0.25) is 0 Å². The third-order valence-electron chi connectivity index (χ3n) is 4.83. The van der Waals surface area contributed by atoms with E-state index in [-0.39, 0.29) is 17.5 Å². The average molecular weight is 497 g/mol. The van der Waals surface area contributed by atoms with E-state index in [0.717, 1.165) is 12.1 Å². The summed E-state index contributed by atoms with van der Waals surface area (Å²) in [5.74, 6) is -0.00180. The first-order valence-electron chi connectivity index (χ1n) is 10.9. The number of alkyl halides is 3. The van der Waals surface area contributed by atoms with Crippen LogP contribution in [0.15, 0.2) is 65.6 Å². The van der Waals surface area contributed by atoms with Gasteiger partial charge in [0.1, 0.15) is 11.6 Å². The number of rotatable bonds is 9. The van der Waals surface area contributed by atoms with E-state index in [1.165, 1.54) is 48.9 Å². The summed E-state index contributed by atoms with van der Waals surface area (Å²) >= 11 is 0. The van der Waals surface area contributed by atoms with Crippen LogP contribution in [0.4, 0.5) is 40.7 Å². The predicted octanol–water partition coefficient (Wildman–Crippen LogP) is 5.48. The SMILES string of the molecule is [B]Nc1ccc(F)c(Nc2nc(N/C(C=NCC(C)C)=C/N)ncc2-c2ccc(C(F)(F)F)cc2)c1. The van der Waals surface area contributed by atoms with Crippen molar-refractivity contribution in [2.45, 2.75) is 20.0 Å². The van der Waals surface area contributed by atoms with Crippen LogP contribution in [0.1, 0.15) is 19.4 Å². The Hall–Kier alpha value is -4.09. The van der Waals surface area contributed by atoms with E-state index in [0.29, 0.717) is 35.0 Å². The highest BCUT2D eigenvalue weighted by atomic mass is 19.4. The van der Waals surface area contributed by atoms with Crippen molar-refractivity contribution in [2.75, 3.05) is 22.4 Å². The molecular weight excluding hydrogens is 473 g/mol. The highest BCUT2D eigenvalue weighted by Crippen LogP contribution is 2.34. The van der Waals surface area contributed by atoms with Gasteiger partial charge in [-0.15, -0.1) is 0 Å². The van der Waals surface area contributed by atoms with E-state index >= 15 is 0 Å². The number of nitrogens with one attached hydrogen (secondary N) is 3. The number of aromatic nitrogens is 2. The van der Waals surface area contributed by atoms with Crippen LogP contribution in [0, 0.1) is 11.7 Å². The monoisotopic (exact) mass is 497 g/mol. The molecule has 0 spiro atoms. The van der Waals surface area contributed by atoms with E-state index in [4.69, 9.17) is 13.7 Å². The Balaban J connectivity index is 2.01. The Morgan fingerprint density at radius 1 is 1.17 bits per heavy atom. The van der Waals surface area contributed by atoms with Gasteiger partial charge in [0.15, 0.2) is 0 Å². The highest BCUT2D eigenvalue weighted by molar-refractivity contribution is 6.16. The second-order valence-corrected chi connectivity index (χ2v) is 8.13. The fraction of sp³-hybridized carbons (Fsp3) is 0.208. The Morgan fingerprint density at radius 3 is 2.50 bits per heavy atom. The topological polar surface area (TPSA) is 100 Å². The fourth-order valence-electron chi connectivity index (χ4n) is 3.03. The molecule has 0 unspecified atom stereocenters. The number of anilines is 4. The molecule has 0 aliphatic rings. The molecular formula is C24H24BF4N7. The maximum atomic E-state index is 14.5. The molecule has 0 aliphatic heterocycles. The summed E-state index contributed by atoms with van der Waals surface area (Å²) in [6.45, 7) is 4.63. The third-order valence-corrected chi connectivity index (χ3v) is 4.83. The average Bonchev–Trinajstić information content (AvgIpc) is 2.84. The standard InChI is InChI=1S/C24H24BF4N7/c1-14(2)11-31-12-18(10-30)33-23-32-13-19(15-3-5-16(6-4-15)24(27,28)29)22(35-23)34-21-9-17(36-25)7-8-20(21)26/h3-10,12-14,36H,11,30H2,1-2H3,(H2,32,33,34,35)/b18-10+,31-12?. The Labute approximate surface area is 207 Å². The number of allylic oxidation sites excluding steroid dienone is 1. The molecule has 1 aromatic heterocycles. The van der Waals surface area contributed by atoms with Crippen LogP contribution in [-0.4, -0.2) is 30.7 Å². The molecule has 36 heavy (non-hydrogen) atoms. The van der Waals surface area contributed by atoms with Crippen molar-refractivity contribution in [3.8, 4) is 11.1 Å². The minimum absolute atomic E-state index is 0.0383. The molecule has 0 atom stereocenters. The van der Waals surface area contributed by atoms with Gasteiger partial charge in [-0.3, -0.25) is 4.99 Å². The first-order chi connectivity index (χ1) is 17.1. The lowest BCUT2D eigenvalue weighted by molar-refractivity contribution is -0.137. The number of hydrogen-bond acceptors (Lipinski definition) is 7. The molecule has 186 valence electrons.